The predicted molar refractivity (Wildman–Crippen MR) is 61.4 cm³/mol. The van der Waals surface area contributed by atoms with E-state index in [4.69, 9.17) is 14.2 Å². The van der Waals surface area contributed by atoms with Crippen LogP contribution in [0.1, 0.15) is 26.2 Å². The van der Waals surface area contributed by atoms with E-state index in [1.54, 1.807) is 0 Å². The number of hydrogen-bond acceptors (Lipinski definition) is 4. The SMILES string of the molecule is CCOCCN1CCCC[C@H]1C1OCCO1. The average Bonchev–Trinajstić information content (AvgIpc) is 2.83. The Balaban J connectivity index is 1.81. The molecule has 0 aromatic heterocycles. The molecule has 2 saturated heterocycles. The highest BCUT2D eigenvalue weighted by molar-refractivity contribution is 4.81. The molecule has 2 heterocycles. The van der Waals surface area contributed by atoms with Gasteiger partial charge in [-0.05, 0) is 26.3 Å². The van der Waals surface area contributed by atoms with Gasteiger partial charge in [-0.15, -0.1) is 0 Å². The smallest absolute Gasteiger partial charge is 0.173 e. The van der Waals surface area contributed by atoms with Gasteiger partial charge in [0, 0.05) is 13.2 Å². The van der Waals surface area contributed by atoms with Crippen molar-refractivity contribution in [3.63, 3.8) is 0 Å². The molecule has 2 aliphatic heterocycles. The fourth-order valence-electron chi connectivity index (χ4n) is 2.53. The lowest BCUT2D eigenvalue weighted by atomic mass is 10.0. The molecule has 1 atom stereocenters. The lowest BCUT2D eigenvalue weighted by Crippen LogP contribution is -2.48. The number of ether oxygens (including phenoxy) is 3. The van der Waals surface area contributed by atoms with Gasteiger partial charge in [0.2, 0.25) is 0 Å². The van der Waals surface area contributed by atoms with Crippen LogP contribution >= 0.6 is 0 Å². The first kappa shape index (κ1) is 12.3. The standard InChI is InChI=1S/C12H23NO3/c1-2-14-8-7-13-6-4-3-5-11(13)12-15-9-10-16-12/h11-12H,2-10H2,1H3/t11-/m0/s1. The summed E-state index contributed by atoms with van der Waals surface area (Å²) < 4.78 is 16.7. The Morgan fingerprint density at radius 2 is 2.06 bits per heavy atom. The quantitative estimate of drug-likeness (QED) is 0.664. The second-order valence-electron chi connectivity index (χ2n) is 4.41. The van der Waals surface area contributed by atoms with Gasteiger partial charge in [0.1, 0.15) is 0 Å². The fraction of sp³-hybridized carbons (Fsp3) is 1.00. The topological polar surface area (TPSA) is 30.9 Å². The van der Waals surface area contributed by atoms with Gasteiger partial charge in [0.25, 0.3) is 0 Å². The Morgan fingerprint density at radius 1 is 1.25 bits per heavy atom. The maximum absolute atomic E-state index is 5.62. The number of piperidine rings is 1. The summed E-state index contributed by atoms with van der Waals surface area (Å²) in [7, 11) is 0. The van der Waals surface area contributed by atoms with Crippen molar-refractivity contribution in [3.05, 3.63) is 0 Å². The van der Waals surface area contributed by atoms with Gasteiger partial charge >= 0.3 is 0 Å². The first-order valence-electron chi connectivity index (χ1n) is 6.47. The molecule has 4 nitrogen and oxygen atoms in total. The molecular formula is C12H23NO3. The van der Waals surface area contributed by atoms with Crippen molar-refractivity contribution in [2.45, 2.75) is 38.5 Å². The zero-order valence-electron chi connectivity index (χ0n) is 10.2. The molecule has 0 radical (unpaired) electrons. The molecule has 0 aromatic carbocycles. The number of likely N-dealkylation sites (tertiary alicyclic amines) is 1. The first-order valence-corrected chi connectivity index (χ1v) is 6.47. The fourth-order valence-corrected chi connectivity index (χ4v) is 2.53. The van der Waals surface area contributed by atoms with Crippen molar-refractivity contribution in [1.82, 2.24) is 4.90 Å². The van der Waals surface area contributed by atoms with Crippen LogP contribution in [0, 0.1) is 0 Å². The van der Waals surface area contributed by atoms with Crippen molar-refractivity contribution in [3.8, 4) is 0 Å². The molecule has 2 aliphatic rings. The Kier molecular flexibility index (Phi) is 5.03. The molecule has 2 rings (SSSR count). The third-order valence-electron chi connectivity index (χ3n) is 3.35. The van der Waals surface area contributed by atoms with Crippen LogP contribution in [0.25, 0.3) is 0 Å². The maximum Gasteiger partial charge on any atom is 0.173 e. The summed E-state index contributed by atoms with van der Waals surface area (Å²) in [5.74, 6) is 0. The molecule has 2 fully saturated rings. The van der Waals surface area contributed by atoms with E-state index in [1.807, 2.05) is 6.92 Å². The summed E-state index contributed by atoms with van der Waals surface area (Å²) in [6, 6.07) is 0.441. The largest absolute Gasteiger partial charge is 0.380 e. The molecular weight excluding hydrogens is 206 g/mol. The van der Waals surface area contributed by atoms with Gasteiger partial charge in [0.15, 0.2) is 6.29 Å². The van der Waals surface area contributed by atoms with Gasteiger partial charge in [0.05, 0.1) is 25.9 Å². The predicted octanol–water partition coefficient (Wildman–Crippen LogP) is 1.25. The van der Waals surface area contributed by atoms with E-state index in [9.17, 15) is 0 Å². The van der Waals surface area contributed by atoms with Gasteiger partial charge in [-0.25, -0.2) is 0 Å². The van der Waals surface area contributed by atoms with Crippen LogP contribution < -0.4 is 0 Å². The van der Waals surface area contributed by atoms with Crippen LogP contribution in [0.2, 0.25) is 0 Å². The van der Waals surface area contributed by atoms with Crippen molar-refractivity contribution in [2.24, 2.45) is 0 Å². The number of hydrogen-bond donors (Lipinski definition) is 0. The second kappa shape index (κ2) is 6.55. The number of nitrogens with zero attached hydrogens (tertiary/aromatic N) is 1. The lowest BCUT2D eigenvalue weighted by Gasteiger charge is -2.37. The minimum atomic E-state index is 0.00178. The third kappa shape index (κ3) is 3.17. The molecule has 0 amide bonds. The molecule has 16 heavy (non-hydrogen) atoms. The molecule has 0 bridgehead atoms. The normalized spacial score (nSPS) is 28.7. The van der Waals surface area contributed by atoms with Gasteiger partial charge < -0.3 is 14.2 Å². The van der Waals surface area contributed by atoms with E-state index in [2.05, 4.69) is 4.90 Å². The van der Waals surface area contributed by atoms with Crippen LogP contribution in [0.4, 0.5) is 0 Å². The Labute approximate surface area is 97.8 Å². The van der Waals surface area contributed by atoms with Crippen LogP contribution in [-0.4, -0.2) is 56.7 Å². The molecule has 0 saturated carbocycles. The van der Waals surface area contributed by atoms with E-state index < -0.39 is 0 Å². The van der Waals surface area contributed by atoms with Crippen molar-refractivity contribution in [1.29, 1.82) is 0 Å². The van der Waals surface area contributed by atoms with E-state index in [0.29, 0.717) is 6.04 Å². The second-order valence-corrected chi connectivity index (χ2v) is 4.41. The van der Waals surface area contributed by atoms with E-state index in [-0.39, 0.29) is 6.29 Å². The zero-order chi connectivity index (χ0) is 11.2. The maximum atomic E-state index is 5.62. The van der Waals surface area contributed by atoms with Crippen LogP contribution in [-0.2, 0) is 14.2 Å². The minimum absolute atomic E-state index is 0.00178. The molecule has 0 N–H and O–H groups in total. The first-order chi connectivity index (χ1) is 7.92. The number of rotatable bonds is 5. The minimum Gasteiger partial charge on any atom is -0.380 e. The summed E-state index contributed by atoms with van der Waals surface area (Å²) in [5, 5.41) is 0. The third-order valence-corrected chi connectivity index (χ3v) is 3.35. The lowest BCUT2D eigenvalue weighted by molar-refractivity contribution is -0.112. The Bertz CT molecular complexity index is 195. The van der Waals surface area contributed by atoms with E-state index in [1.165, 1.54) is 19.3 Å². The van der Waals surface area contributed by atoms with Gasteiger partial charge in [-0.1, -0.05) is 6.42 Å². The molecule has 94 valence electrons. The highest BCUT2D eigenvalue weighted by Crippen LogP contribution is 2.23. The zero-order valence-corrected chi connectivity index (χ0v) is 10.2. The van der Waals surface area contributed by atoms with Gasteiger partial charge in [-0.2, -0.15) is 0 Å². The average molecular weight is 229 g/mol. The Morgan fingerprint density at radius 3 is 2.81 bits per heavy atom. The molecule has 0 aromatic rings. The summed E-state index contributed by atoms with van der Waals surface area (Å²) in [4.78, 5) is 2.47. The molecule has 0 spiro atoms. The van der Waals surface area contributed by atoms with E-state index >= 15 is 0 Å². The van der Waals surface area contributed by atoms with E-state index in [0.717, 1.165) is 39.5 Å². The molecule has 0 unspecified atom stereocenters. The summed E-state index contributed by atoms with van der Waals surface area (Å²) in [5.41, 5.74) is 0. The van der Waals surface area contributed by atoms with Crippen LogP contribution in [0.15, 0.2) is 0 Å². The molecule has 4 heteroatoms. The summed E-state index contributed by atoms with van der Waals surface area (Å²) in [6.45, 7) is 7.31. The molecule has 0 aliphatic carbocycles. The highest BCUT2D eigenvalue weighted by Gasteiger charge is 2.33. The van der Waals surface area contributed by atoms with Gasteiger partial charge in [-0.3, -0.25) is 4.90 Å². The van der Waals surface area contributed by atoms with Crippen LogP contribution in [0.3, 0.4) is 0 Å². The monoisotopic (exact) mass is 229 g/mol. The Hall–Kier alpha value is -0.160. The van der Waals surface area contributed by atoms with Crippen molar-refractivity contribution < 1.29 is 14.2 Å². The highest BCUT2D eigenvalue weighted by atomic mass is 16.7. The van der Waals surface area contributed by atoms with Crippen molar-refractivity contribution in [2.75, 3.05) is 39.5 Å². The van der Waals surface area contributed by atoms with Crippen molar-refractivity contribution >= 4 is 0 Å². The summed E-state index contributed by atoms with van der Waals surface area (Å²) >= 11 is 0. The van der Waals surface area contributed by atoms with Crippen LogP contribution in [0.5, 0.6) is 0 Å². The summed E-state index contributed by atoms with van der Waals surface area (Å²) in [6.07, 6.45) is 3.77.